The van der Waals surface area contributed by atoms with Crippen LogP contribution in [0, 0.1) is 13.8 Å². The van der Waals surface area contributed by atoms with Crippen LogP contribution in [0.4, 0.5) is 19.0 Å². The summed E-state index contributed by atoms with van der Waals surface area (Å²) in [4.78, 5) is 10.7. The molecule has 3 nitrogen and oxygen atoms in total. The minimum absolute atomic E-state index is 0.0214. The van der Waals surface area contributed by atoms with Crippen LogP contribution >= 0.6 is 0 Å². The first kappa shape index (κ1) is 15.8. The first-order valence-corrected chi connectivity index (χ1v) is 7.61. The highest BCUT2D eigenvalue weighted by atomic mass is 19.4. The molecule has 6 heteroatoms. The zero-order valence-electron chi connectivity index (χ0n) is 13.1. The Balaban J connectivity index is 2.02. The van der Waals surface area contributed by atoms with E-state index in [-0.39, 0.29) is 11.6 Å². The summed E-state index contributed by atoms with van der Waals surface area (Å²) in [5.41, 5.74) is 0.876. The van der Waals surface area contributed by atoms with Crippen molar-refractivity contribution in [3.05, 3.63) is 53.0 Å². The van der Waals surface area contributed by atoms with Gasteiger partial charge in [0.05, 0.1) is 17.3 Å². The van der Waals surface area contributed by atoms with Gasteiger partial charge in [-0.2, -0.15) is 13.2 Å². The highest BCUT2D eigenvalue weighted by molar-refractivity contribution is 5.49. The summed E-state index contributed by atoms with van der Waals surface area (Å²) in [6.45, 7) is 3.78. The molecule has 1 saturated heterocycles. The second kappa shape index (κ2) is 5.83. The first-order valence-electron chi connectivity index (χ1n) is 7.61. The molecular formula is C17H18F3N3. The van der Waals surface area contributed by atoms with Gasteiger partial charge in [-0.05, 0) is 50.5 Å². The quantitative estimate of drug-likeness (QED) is 0.818. The topological polar surface area (TPSA) is 29.0 Å². The van der Waals surface area contributed by atoms with Crippen molar-refractivity contribution in [3.63, 3.8) is 0 Å². The third-order valence-corrected chi connectivity index (χ3v) is 4.38. The average molecular weight is 321 g/mol. The minimum Gasteiger partial charge on any atom is -0.348 e. The summed E-state index contributed by atoms with van der Waals surface area (Å²) in [6.07, 6.45) is -0.877. The van der Waals surface area contributed by atoms with Crippen LogP contribution in [0.5, 0.6) is 0 Å². The fourth-order valence-electron chi connectivity index (χ4n) is 3.08. The van der Waals surface area contributed by atoms with E-state index in [1.54, 1.807) is 13.1 Å². The van der Waals surface area contributed by atoms with Crippen molar-refractivity contribution in [3.8, 4) is 0 Å². The molecule has 0 N–H and O–H groups in total. The first-order chi connectivity index (χ1) is 10.9. The van der Waals surface area contributed by atoms with Crippen LogP contribution in [0.15, 0.2) is 30.5 Å². The van der Waals surface area contributed by atoms with Crippen molar-refractivity contribution >= 4 is 5.82 Å². The van der Waals surface area contributed by atoms with E-state index in [0.29, 0.717) is 18.1 Å². The van der Waals surface area contributed by atoms with Crippen LogP contribution in [0.1, 0.15) is 41.4 Å². The van der Waals surface area contributed by atoms with Crippen molar-refractivity contribution in [2.45, 2.75) is 38.9 Å². The molecule has 122 valence electrons. The van der Waals surface area contributed by atoms with E-state index in [4.69, 9.17) is 0 Å². The molecular weight excluding hydrogens is 303 g/mol. The maximum absolute atomic E-state index is 13.3. The van der Waals surface area contributed by atoms with Gasteiger partial charge in [0.15, 0.2) is 0 Å². The molecule has 2 aromatic heterocycles. The third-order valence-electron chi connectivity index (χ3n) is 4.38. The molecule has 0 amide bonds. The number of aromatic nitrogens is 2. The van der Waals surface area contributed by atoms with Crippen LogP contribution in [0.25, 0.3) is 0 Å². The van der Waals surface area contributed by atoms with Gasteiger partial charge in [0.1, 0.15) is 5.82 Å². The summed E-state index contributed by atoms with van der Waals surface area (Å²) in [6, 6.07) is 6.79. The van der Waals surface area contributed by atoms with Crippen molar-refractivity contribution in [1.29, 1.82) is 0 Å². The SMILES string of the molecule is Cc1nc(N2CCCC2c2ccccn2)cc(C(F)(F)F)c1C. The summed E-state index contributed by atoms with van der Waals surface area (Å²) in [5.74, 6) is 0.383. The molecule has 1 atom stereocenters. The van der Waals surface area contributed by atoms with E-state index < -0.39 is 11.7 Å². The zero-order chi connectivity index (χ0) is 16.6. The van der Waals surface area contributed by atoms with Gasteiger partial charge in [-0.25, -0.2) is 4.98 Å². The van der Waals surface area contributed by atoms with Gasteiger partial charge in [0.2, 0.25) is 0 Å². The number of aryl methyl sites for hydroxylation is 1. The van der Waals surface area contributed by atoms with E-state index in [2.05, 4.69) is 9.97 Å². The lowest BCUT2D eigenvalue weighted by Gasteiger charge is -2.27. The van der Waals surface area contributed by atoms with E-state index in [1.165, 1.54) is 13.0 Å². The van der Waals surface area contributed by atoms with E-state index >= 15 is 0 Å². The Labute approximate surface area is 133 Å². The lowest BCUT2D eigenvalue weighted by atomic mass is 10.1. The number of rotatable bonds is 2. The average Bonchev–Trinajstić information content (AvgIpc) is 2.99. The molecule has 1 aliphatic rings. The Morgan fingerprint density at radius 1 is 1.22 bits per heavy atom. The normalized spacial score (nSPS) is 18.5. The highest BCUT2D eigenvalue weighted by Crippen LogP contribution is 2.39. The summed E-state index contributed by atoms with van der Waals surface area (Å²) < 4.78 is 39.8. The summed E-state index contributed by atoms with van der Waals surface area (Å²) in [5, 5.41) is 0. The van der Waals surface area contributed by atoms with Crippen LogP contribution in [0.3, 0.4) is 0 Å². The third kappa shape index (κ3) is 3.02. The fraction of sp³-hybridized carbons (Fsp3) is 0.412. The molecule has 3 rings (SSSR count). The van der Waals surface area contributed by atoms with Crippen LogP contribution in [-0.2, 0) is 6.18 Å². The zero-order valence-corrected chi connectivity index (χ0v) is 13.1. The Bertz CT molecular complexity index is 698. The van der Waals surface area contributed by atoms with Crippen molar-refractivity contribution in [1.82, 2.24) is 9.97 Å². The number of pyridine rings is 2. The lowest BCUT2D eigenvalue weighted by Crippen LogP contribution is -2.25. The summed E-state index contributed by atoms with van der Waals surface area (Å²) >= 11 is 0. The molecule has 23 heavy (non-hydrogen) atoms. The Morgan fingerprint density at radius 2 is 2.00 bits per heavy atom. The fourth-order valence-corrected chi connectivity index (χ4v) is 3.08. The number of nitrogens with zero attached hydrogens (tertiary/aromatic N) is 3. The molecule has 0 bridgehead atoms. The van der Waals surface area contributed by atoms with Gasteiger partial charge in [-0.1, -0.05) is 6.07 Å². The monoisotopic (exact) mass is 321 g/mol. The number of hydrogen-bond donors (Lipinski definition) is 0. The molecule has 1 fully saturated rings. The van der Waals surface area contributed by atoms with E-state index in [9.17, 15) is 13.2 Å². The molecule has 2 aromatic rings. The molecule has 0 aliphatic carbocycles. The standard InChI is InChI=1S/C17H18F3N3/c1-11-12(2)22-16(10-13(11)17(18,19)20)23-9-5-7-15(23)14-6-3-4-8-21-14/h3-4,6,8,10,15H,5,7,9H2,1-2H3. The molecule has 1 aliphatic heterocycles. The Hall–Kier alpha value is -2.11. The van der Waals surface area contributed by atoms with Gasteiger partial charge in [-0.15, -0.1) is 0 Å². The van der Waals surface area contributed by atoms with Gasteiger partial charge in [-0.3, -0.25) is 4.98 Å². The Kier molecular flexibility index (Phi) is 4.00. The maximum atomic E-state index is 13.3. The maximum Gasteiger partial charge on any atom is 0.416 e. The number of anilines is 1. The smallest absolute Gasteiger partial charge is 0.348 e. The lowest BCUT2D eigenvalue weighted by molar-refractivity contribution is -0.138. The van der Waals surface area contributed by atoms with Crippen molar-refractivity contribution in [2.75, 3.05) is 11.4 Å². The van der Waals surface area contributed by atoms with Gasteiger partial charge in [0, 0.05) is 18.4 Å². The van der Waals surface area contributed by atoms with E-state index in [0.717, 1.165) is 18.5 Å². The predicted octanol–water partition coefficient (Wildman–Crippen LogP) is 4.45. The van der Waals surface area contributed by atoms with Crippen LogP contribution < -0.4 is 4.90 Å². The largest absolute Gasteiger partial charge is 0.416 e. The van der Waals surface area contributed by atoms with E-state index in [1.807, 2.05) is 23.1 Å². The molecule has 3 heterocycles. The Morgan fingerprint density at radius 3 is 2.65 bits per heavy atom. The number of hydrogen-bond acceptors (Lipinski definition) is 3. The molecule has 0 saturated carbocycles. The molecule has 0 spiro atoms. The second-order valence-corrected chi connectivity index (χ2v) is 5.84. The highest BCUT2D eigenvalue weighted by Gasteiger charge is 2.36. The molecule has 0 radical (unpaired) electrons. The molecule has 0 aromatic carbocycles. The van der Waals surface area contributed by atoms with Gasteiger partial charge >= 0.3 is 6.18 Å². The van der Waals surface area contributed by atoms with Gasteiger partial charge in [0.25, 0.3) is 0 Å². The second-order valence-electron chi connectivity index (χ2n) is 5.84. The van der Waals surface area contributed by atoms with Crippen molar-refractivity contribution in [2.24, 2.45) is 0 Å². The number of halogens is 3. The molecule has 1 unspecified atom stereocenters. The summed E-state index contributed by atoms with van der Waals surface area (Å²) in [7, 11) is 0. The van der Waals surface area contributed by atoms with Gasteiger partial charge < -0.3 is 4.90 Å². The van der Waals surface area contributed by atoms with Crippen LogP contribution in [-0.4, -0.2) is 16.5 Å². The predicted molar refractivity (Wildman–Crippen MR) is 82.3 cm³/mol. The number of alkyl halides is 3. The minimum atomic E-state index is -4.37. The van der Waals surface area contributed by atoms with Crippen LogP contribution in [0.2, 0.25) is 0 Å². The van der Waals surface area contributed by atoms with Crippen molar-refractivity contribution < 1.29 is 13.2 Å².